The van der Waals surface area contributed by atoms with Gasteiger partial charge in [-0.2, -0.15) is 0 Å². The third kappa shape index (κ3) is 8.51. The summed E-state index contributed by atoms with van der Waals surface area (Å²) in [5, 5.41) is 0. The first-order valence-electron chi connectivity index (χ1n) is 8.92. The smallest absolute Gasteiger partial charge is 0.0476 e. The molecule has 0 bridgehead atoms. The van der Waals surface area contributed by atoms with E-state index in [9.17, 15) is 0 Å². The summed E-state index contributed by atoms with van der Waals surface area (Å²) in [6.07, 6.45) is 15.2. The predicted molar refractivity (Wildman–Crippen MR) is 96.3 cm³/mol. The average Bonchev–Trinajstić information content (AvgIpc) is 2.50. The molecule has 0 unspecified atom stereocenters. The molecule has 120 valence electrons. The van der Waals surface area contributed by atoms with Crippen LogP contribution in [0.25, 0.3) is 0 Å². The summed E-state index contributed by atoms with van der Waals surface area (Å²) >= 11 is 6.04. The molecule has 1 heteroatoms. The fourth-order valence-electron chi connectivity index (χ4n) is 2.93. The van der Waals surface area contributed by atoms with E-state index in [1.54, 1.807) is 0 Å². The van der Waals surface area contributed by atoms with Gasteiger partial charge >= 0.3 is 0 Å². The van der Waals surface area contributed by atoms with Crippen molar-refractivity contribution in [3.8, 4) is 0 Å². The number of hydrogen-bond acceptors (Lipinski definition) is 0. The maximum Gasteiger partial charge on any atom is 0.0476 e. The lowest BCUT2D eigenvalue weighted by atomic mass is 9.99. The molecule has 0 aromatic heterocycles. The zero-order valence-corrected chi connectivity index (χ0v) is 14.9. The first kappa shape index (κ1) is 18.6. The van der Waals surface area contributed by atoms with E-state index in [1.807, 2.05) is 0 Å². The van der Waals surface area contributed by atoms with Gasteiger partial charge in [-0.3, -0.25) is 0 Å². The Hall–Kier alpha value is -0.490. The fourth-order valence-corrected chi connectivity index (χ4v) is 3.17. The minimum absolute atomic E-state index is 0.648. The second-order valence-electron chi connectivity index (χ2n) is 6.34. The Morgan fingerprint density at radius 2 is 1.33 bits per heavy atom. The van der Waals surface area contributed by atoms with E-state index < -0.39 is 0 Å². The van der Waals surface area contributed by atoms with Crippen molar-refractivity contribution in [1.82, 2.24) is 0 Å². The van der Waals surface area contributed by atoms with Gasteiger partial charge in [0.2, 0.25) is 0 Å². The van der Waals surface area contributed by atoms with Crippen LogP contribution in [0.5, 0.6) is 0 Å². The van der Waals surface area contributed by atoms with Gasteiger partial charge in [-0.25, -0.2) is 0 Å². The zero-order chi connectivity index (χ0) is 15.3. The summed E-state index contributed by atoms with van der Waals surface area (Å²) in [5.74, 6) is 0.648. The summed E-state index contributed by atoms with van der Waals surface area (Å²) in [6, 6.07) is 6.71. The van der Waals surface area contributed by atoms with Crippen LogP contribution in [-0.4, -0.2) is 0 Å². The first-order chi connectivity index (χ1) is 10.3. The lowest BCUT2D eigenvalue weighted by Crippen LogP contribution is -1.93. The topological polar surface area (TPSA) is 0 Å². The minimum atomic E-state index is 0.648. The van der Waals surface area contributed by atoms with Crippen LogP contribution < -0.4 is 0 Å². The van der Waals surface area contributed by atoms with E-state index in [1.165, 1.54) is 87.3 Å². The first-order valence-corrected chi connectivity index (χ1v) is 9.45. The van der Waals surface area contributed by atoms with E-state index in [2.05, 4.69) is 32.0 Å². The minimum Gasteiger partial charge on any atom is -0.122 e. The maximum absolute atomic E-state index is 6.04. The van der Waals surface area contributed by atoms with Crippen LogP contribution in [0.1, 0.15) is 87.8 Å². The Morgan fingerprint density at radius 3 is 1.90 bits per heavy atom. The summed E-state index contributed by atoms with van der Waals surface area (Å²) in [6.45, 7) is 4.42. The molecule has 0 amide bonds. The van der Waals surface area contributed by atoms with Crippen molar-refractivity contribution in [1.29, 1.82) is 0 Å². The largest absolute Gasteiger partial charge is 0.122 e. The summed E-state index contributed by atoms with van der Waals surface area (Å²) in [4.78, 5) is 0. The molecule has 0 aliphatic rings. The highest BCUT2D eigenvalue weighted by Gasteiger charge is 2.02. The van der Waals surface area contributed by atoms with E-state index in [-0.39, 0.29) is 0 Å². The van der Waals surface area contributed by atoms with E-state index in [0.717, 1.165) is 0 Å². The van der Waals surface area contributed by atoms with Crippen LogP contribution in [-0.2, 0) is 12.3 Å². The summed E-state index contributed by atoms with van der Waals surface area (Å²) in [5.41, 5.74) is 4.10. The van der Waals surface area contributed by atoms with Gasteiger partial charge in [-0.1, -0.05) is 88.5 Å². The van der Waals surface area contributed by atoms with Crippen LogP contribution in [0.3, 0.4) is 0 Å². The molecule has 1 rings (SSSR count). The molecule has 0 N–H and O–H groups in total. The van der Waals surface area contributed by atoms with Gasteiger partial charge in [0.1, 0.15) is 0 Å². The second kappa shape index (κ2) is 12.1. The van der Waals surface area contributed by atoms with Crippen molar-refractivity contribution in [3.05, 3.63) is 34.9 Å². The highest BCUT2D eigenvalue weighted by molar-refractivity contribution is 6.17. The lowest BCUT2D eigenvalue weighted by Gasteiger charge is -2.08. The second-order valence-corrected chi connectivity index (χ2v) is 6.61. The number of alkyl halides is 1. The molecule has 0 saturated carbocycles. The Labute approximate surface area is 137 Å². The van der Waals surface area contributed by atoms with Gasteiger partial charge < -0.3 is 0 Å². The molecule has 0 aliphatic carbocycles. The third-order valence-electron chi connectivity index (χ3n) is 4.31. The van der Waals surface area contributed by atoms with E-state index in [4.69, 9.17) is 11.6 Å². The van der Waals surface area contributed by atoms with Gasteiger partial charge in [0.25, 0.3) is 0 Å². The van der Waals surface area contributed by atoms with Crippen LogP contribution in [0.15, 0.2) is 18.2 Å². The van der Waals surface area contributed by atoms with Crippen molar-refractivity contribution >= 4 is 11.6 Å². The molecule has 0 radical (unpaired) electrons. The Bertz CT molecular complexity index is 370. The average molecular weight is 309 g/mol. The molecular formula is C20H33Cl. The molecule has 0 fully saturated rings. The lowest BCUT2D eigenvalue weighted by molar-refractivity contribution is 0.556. The number of halogens is 1. The highest BCUT2D eigenvalue weighted by atomic mass is 35.5. The quantitative estimate of drug-likeness (QED) is 0.283. The Balaban J connectivity index is 2.04. The van der Waals surface area contributed by atoms with Crippen molar-refractivity contribution in [2.45, 2.75) is 90.4 Å². The maximum atomic E-state index is 6.04. The van der Waals surface area contributed by atoms with Gasteiger partial charge in [-0.05, 0) is 30.9 Å². The molecule has 21 heavy (non-hydrogen) atoms. The van der Waals surface area contributed by atoms with Crippen molar-refractivity contribution in [3.63, 3.8) is 0 Å². The molecule has 1 aromatic rings. The predicted octanol–water partition coefficient (Wildman–Crippen LogP) is 7.20. The number of unbranched alkanes of at least 4 members (excludes halogenated alkanes) is 9. The van der Waals surface area contributed by atoms with Gasteiger partial charge in [0, 0.05) is 5.88 Å². The normalized spacial score (nSPS) is 11.0. The number of benzene rings is 1. The highest BCUT2D eigenvalue weighted by Crippen LogP contribution is 2.18. The fraction of sp³-hybridized carbons (Fsp3) is 0.700. The van der Waals surface area contributed by atoms with E-state index in [0.29, 0.717) is 5.88 Å². The van der Waals surface area contributed by atoms with Crippen LogP contribution in [0, 0.1) is 6.92 Å². The number of aryl methyl sites for hydroxylation is 2. The van der Waals surface area contributed by atoms with Crippen molar-refractivity contribution in [2.75, 3.05) is 0 Å². The molecule has 0 spiro atoms. The monoisotopic (exact) mass is 308 g/mol. The SMILES string of the molecule is CCCCCCCCCCCCc1ccc(C)cc1CCl. The van der Waals surface area contributed by atoms with Crippen LogP contribution >= 0.6 is 11.6 Å². The number of hydrogen-bond donors (Lipinski definition) is 0. The molecule has 0 saturated heterocycles. The summed E-state index contributed by atoms with van der Waals surface area (Å²) < 4.78 is 0. The summed E-state index contributed by atoms with van der Waals surface area (Å²) in [7, 11) is 0. The number of rotatable bonds is 12. The molecule has 0 heterocycles. The zero-order valence-electron chi connectivity index (χ0n) is 14.1. The molecule has 0 atom stereocenters. The molecule has 0 aliphatic heterocycles. The van der Waals surface area contributed by atoms with Gasteiger partial charge in [0.15, 0.2) is 0 Å². The standard InChI is InChI=1S/C20H33Cl/c1-3-4-5-6-7-8-9-10-11-12-13-19-15-14-18(2)16-20(19)17-21/h14-16H,3-13,17H2,1-2H3. The van der Waals surface area contributed by atoms with Crippen molar-refractivity contribution < 1.29 is 0 Å². The van der Waals surface area contributed by atoms with Gasteiger partial charge in [-0.15, -0.1) is 11.6 Å². The van der Waals surface area contributed by atoms with Gasteiger partial charge in [0.05, 0.1) is 0 Å². The molecule has 1 aromatic carbocycles. The van der Waals surface area contributed by atoms with Crippen LogP contribution in [0.2, 0.25) is 0 Å². The van der Waals surface area contributed by atoms with E-state index >= 15 is 0 Å². The Kier molecular flexibility index (Phi) is 10.7. The van der Waals surface area contributed by atoms with Crippen molar-refractivity contribution in [2.24, 2.45) is 0 Å². The Morgan fingerprint density at radius 1 is 0.762 bits per heavy atom. The van der Waals surface area contributed by atoms with Crippen LogP contribution in [0.4, 0.5) is 0 Å². The molecule has 0 nitrogen and oxygen atoms in total. The molecular weight excluding hydrogens is 276 g/mol. The third-order valence-corrected chi connectivity index (χ3v) is 4.59.